The number of rotatable bonds is 2. The fraction of sp³-hybridized carbons (Fsp3) is 0.333. The second-order valence-electron chi connectivity index (χ2n) is 4.23. The van der Waals surface area contributed by atoms with E-state index in [9.17, 15) is 12.6 Å². The van der Waals surface area contributed by atoms with Gasteiger partial charge in [-0.3, -0.25) is 0 Å². The maximum Gasteiger partial charge on any atom is 0.254 e. The molecule has 1 aromatic rings. The molecule has 0 saturated heterocycles. The second-order valence-corrected chi connectivity index (χ2v) is 7.65. The fourth-order valence-corrected chi connectivity index (χ4v) is 5.18. The third-order valence-electron chi connectivity index (χ3n) is 2.74. The summed E-state index contributed by atoms with van der Waals surface area (Å²) in [4.78, 5) is 0.184. The molecule has 0 spiro atoms. The van der Waals surface area contributed by atoms with Gasteiger partial charge in [0.2, 0.25) is 0 Å². The van der Waals surface area contributed by atoms with Crippen molar-refractivity contribution in [3.8, 4) is 0 Å². The van der Waals surface area contributed by atoms with Crippen LogP contribution in [0.4, 0.5) is 0 Å². The average Bonchev–Trinajstić information content (AvgIpc) is 2.29. The second kappa shape index (κ2) is 4.95. The lowest BCUT2D eigenvalue weighted by molar-refractivity contribution is 0.503. The largest absolute Gasteiger partial charge is 0.254 e. The van der Waals surface area contributed by atoms with Crippen molar-refractivity contribution in [2.75, 3.05) is 5.75 Å². The molecule has 0 aromatic heterocycles. The first-order valence-corrected chi connectivity index (χ1v) is 8.31. The first-order valence-electron chi connectivity index (χ1n) is 5.59. The molecule has 0 amide bonds. The molecule has 98 valence electrons. The van der Waals surface area contributed by atoms with Crippen LogP contribution < -0.4 is 0 Å². The summed E-state index contributed by atoms with van der Waals surface area (Å²) in [6.07, 6.45) is 3.51. The zero-order valence-corrected chi connectivity index (χ0v) is 11.9. The third-order valence-corrected chi connectivity index (χ3v) is 6.72. The highest BCUT2D eigenvalue weighted by Gasteiger charge is 2.34. The van der Waals surface area contributed by atoms with Gasteiger partial charge in [0.25, 0.3) is 10.0 Å². The minimum absolute atomic E-state index is 0.184. The first kappa shape index (κ1) is 13.5. The molecular weight excluding hydrogens is 270 g/mol. The summed E-state index contributed by atoms with van der Waals surface area (Å²) in [6, 6.07) is 6.19. The van der Waals surface area contributed by atoms with Crippen molar-refractivity contribution >= 4 is 21.0 Å². The monoisotopic (exact) mass is 285 g/mol. The number of sulfonamides is 1. The first-order chi connectivity index (χ1) is 8.43. The zero-order valence-electron chi connectivity index (χ0n) is 10.2. The van der Waals surface area contributed by atoms with Gasteiger partial charge in [0.05, 0.1) is 16.7 Å². The van der Waals surface area contributed by atoms with Gasteiger partial charge in [-0.2, -0.15) is 0 Å². The van der Waals surface area contributed by atoms with Crippen LogP contribution >= 0.6 is 0 Å². The van der Waals surface area contributed by atoms with E-state index in [0.717, 1.165) is 9.27 Å². The van der Waals surface area contributed by atoms with Crippen molar-refractivity contribution in [1.82, 2.24) is 3.71 Å². The molecule has 2 atom stereocenters. The van der Waals surface area contributed by atoms with Gasteiger partial charge in [0.1, 0.15) is 11.0 Å². The van der Waals surface area contributed by atoms with Crippen LogP contribution in [0.15, 0.2) is 41.3 Å². The van der Waals surface area contributed by atoms with Crippen LogP contribution in [-0.2, 0) is 21.0 Å². The number of nitrogens with zero attached hydrogens (tertiary/aromatic N) is 1. The summed E-state index contributed by atoms with van der Waals surface area (Å²) in [5, 5.41) is 0. The standard InChI is InChI=1S/C12H15NO3S2/c1-10-5-7-12(8-6-10)18(15,16)13-11(2)4-3-9-17(13)14/h3-8,11H,9H2,1-2H3/t11-,17+/m1/s1. The van der Waals surface area contributed by atoms with E-state index in [1.165, 1.54) is 0 Å². The van der Waals surface area contributed by atoms with Crippen LogP contribution in [-0.4, -0.2) is 28.1 Å². The van der Waals surface area contributed by atoms with Crippen LogP contribution in [0.3, 0.4) is 0 Å². The SMILES string of the molecule is Cc1ccc(S(=O)(=O)N2[C@H](C)C=CC[S@@]2=O)cc1. The number of hydrogen-bond acceptors (Lipinski definition) is 3. The van der Waals surface area contributed by atoms with E-state index in [1.807, 2.05) is 6.92 Å². The van der Waals surface area contributed by atoms with E-state index in [4.69, 9.17) is 0 Å². The van der Waals surface area contributed by atoms with Crippen molar-refractivity contribution in [3.63, 3.8) is 0 Å². The lowest BCUT2D eigenvalue weighted by Crippen LogP contribution is -2.41. The Morgan fingerprint density at radius 2 is 1.89 bits per heavy atom. The summed E-state index contributed by atoms with van der Waals surface area (Å²) < 4.78 is 37.8. The van der Waals surface area contributed by atoms with Gasteiger partial charge < -0.3 is 0 Å². The molecule has 0 radical (unpaired) electrons. The van der Waals surface area contributed by atoms with Crippen LogP contribution in [0.5, 0.6) is 0 Å². The minimum atomic E-state index is -3.70. The van der Waals surface area contributed by atoms with E-state index in [2.05, 4.69) is 0 Å². The predicted molar refractivity (Wildman–Crippen MR) is 71.8 cm³/mol. The molecular formula is C12H15NO3S2. The van der Waals surface area contributed by atoms with E-state index in [1.54, 1.807) is 43.3 Å². The minimum Gasteiger partial charge on any atom is -0.241 e. The van der Waals surface area contributed by atoms with Crippen molar-refractivity contribution < 1.29 is 12.6 Å². The van der Waals surface area contributed by atoms with Gasteiger partial charge in [0.15, 0.2) is 0 Å². The van der Waals surface area contributed by atoms with E-state index >= 15 is 0 Å². The molecule has 0 aliphatic carbocycles. The summed E-state index contributed by atoms with van der Waals surface area (Å²) >= 11 is 0. The van der Waals surface area contributed by atoms with Crippen molar-refractivity contribution in [3.05, 3.63) is 42.0 Å². The van der Waals surface area contributed by atoms with E-state index < -0.39 is 21.0 Å². The molecule has 0 bridgehead atoms. The molecule has 0 unspecified atom stereocenters. The molecule has 0 N–H and O–H groups in total. The molecule has 1 aliphatic rings. The number of aryl methyl sites for hydroxylation is 1. The Balaban J connectivity index is 2.45. The Kier molecular flexibility index (Phi) is 3.70. The van der Waals surface area contributed by atoms with Gasteiger partial charge in [-0.05, 0) is 26.0 Å². The fourth-order valence-electron chi connectivity index (χ4n) is 1.81. The highest BCUT2D eigenvalue weighted by molar-refractivity contribution is 8.01. The molecule has 0 fully saturated rings. The molecule has 1 heterocycles. The Labute approximate surface area is 110 Å². The van der Waals surface area contributed by atoms with Gasteiger partial charge in [0, 0.05) is 0 Å². The highest BCUT2D eigenvalue weighted by atomic mass is 32.3. The summed E-state index contributed by atoms with van der Waals surface area (Å²) in [5.74, 6) is 0.245. The van der Waals surface area contributed by atoms with Gasteiger partial charge >= 0.3 is 0 Å². The van der Waals surface area contributed by atoms with Crippen molar-refractivity contribution in [2.45, 2.75) is 24.8 Å². The van der Waals surface area contributed by atoms with Gasteiger partial charge in [-0.1, -0.05) is 29.8 Å². The summed E-state index contributed by atoms with van der Waals surface area (Å²) in [5.41, 5.74) is 0.988. The summed E-state index contributed by atoms with van der Waals surface area (Å²) in [7, 11) is -5.22. The van der Waals surface area contributed by atoms with E-state index in [0.29, 0.717) is 0 Å². The lowest BCUT2D eigenvalue weighted by atomic mass is 10.2. The number of hydrogen-bond donors (Lipinski definition) is 0. The van der Waals surface area contributed by atoms with Crippen LogP contribution in [0.1, 0.15) is 12.5 Å². The van der Waals surface area contributed by atoms with Gasteiger partial charge in [-0.15, -0.1) is 3.71 Å². The van der Waals surface area contributed by atoms with Crippen molar-refractivity contribution in [1.29, 1.82) is 0 Å². The topological polar surface area (TPSA) is 54.5 Å². The molecule has 18 heavy (non-hydrogen) atoms. The molecule has 6 heteroatoms. The Bertz CT molecular complexity index is 590. The third kappa shape index (κ3) is 2.41. The number of benzene rings is 1. The van der Waals surface area contributed by atoms with E-state index in [-0.39, 0.29) is 16.7 Å². The Hall–Kier alpha value is -0.980. The van der Waals surface area contributed by atoms with Crippen LogP contribution in [0, 0.1) is 6.92 Å². The average molecular weight is 285 g/mol. The smallest absolute Gasteiger partial charge is 0.241 e. The molecule has 0 saturated carbocycles. The van der Waals surface area contributed by atoms with Crippen LogP contribution in [0.2, 0.25) is 0 Å². The van der Waals surface area contributed by atoms with Crippen molar-refractivity contribution in [2.24, 2.45) is 0 Å². The Morgan fingerprint density at radius 1 is 1.28 bits per heavy atom. The molecule has 2 rings (SSSR count). The molecule has 4 nitrogen and oxygen atoms in total. The maximum atomic E-state index is 12.4. The normalized spacial score (nSPS) is 25.2. The summed E-state index contributed by atoms with van der Waals surface area (Å²) in [6.45, 7) is 3.61. The quantitative estimate of drug-likeness (QED) is 0.776. The lowest BCUT2D eigenvalue weighted by Gasteiger charge is -2.27. The van der Waals surface area contributed by atoms with Crippen LogP contribution in [0.25, 0.3) is 0 Å². The molecule has 1 aliphatic heterocycles. The predicted octanol–water partition coefficient (Wildman–Crippen LogP) is 1.61. The zero-order chi connectivity index (χ0) is 13.3. The maximum absolute atomic E-state index is 12.4. The Morgan fingerprint density at radius 3 is 2.44 bits per heavy atom. The highest BCUT2D eigenvalue weighted by Crippen LogP contribution is 2.23. The molecule has 1 aromatic carbocycles. The van der Waals surface area contributed by atoms with Gasteiger partial charge in [-0.25, -0.2) is 12.6 Å².